The molecule has 0 spiro atoms. The second-order valence-corrected chi connectivity index (χ2v) is 13.8. The van der Waals surface area contributed by atoms with Gasteiger partial charge in [0, 0.05) is 24.9 Å². The highest BCUT2D eigenvalue weighted by atomic mass is 32.2. The van der Waals surface area contributed by atoms with Gasteiger partial charge in [-0.05, 0) is 70.0 Å². The monoisotopic (exact) mass is 655 g/mol. The Bertz CT molecular complexity index is 1840. The van der Waals surface area contributed by atoms with E-state index in [1.807, 2.05) is 48.5 Å². The maximum absolute atomic E-state index is 14.7. The summed E-state index contributed by atoms with van der Waals surface area (Å²) in [5, 5.41) is 0. The number of carbonyl (C=O) groups is 1. The van der Waals surface area contributed by atoms with Crippen LogP contribution in [-0.2, 0) is 24.4 Å². The van der Waals surface area contributed by atoms with Gasteiger partial charge in [0.1, 0.15) is 28.2 Å². The van der Waals surface area contributed by atoms with E-state index in [0.29, 0.717) is 43.3 Å². The molecule has 0 saturated carbocycles. The molecule has 3 aliphatic carbocycles. The molecular weight excluding hydrogens is 616 g/mol. The molecule has 0 heterocycles. The van der Waals surface area contributed by atoms with E-state index in [2.05, 4.69) is 24.3 Å². The normalized spacial score (nSPS) is 19.7. The molecule has 0 N–H and O–H groups in total. The zero-order valence-corrected chi connectivity index (χ0v) is 27.8. The Morgan fingerprint density at radius 3 is 1.89 bits per heavy atom. The Labute approximate surface area is 276 Å². The summed E-state index contributed by atoms with van der Waals surface area (Å²) in [7, 11) is -3.10. The molecule has 0 saturated heterocycles. The van der Waals surface area contributed by atoms with Crippen LogP contribution in [0.2, 0.25) is 0 Å². The van der Waals surface area contributed by atoms with Crippen molar-refractivity contribution in [3.63, 3.8) is 0 Å². The number of rotatable bonds is 12. The summed E-state index contributed by atoms with van der Waals surface area (Å²) in [4.78, 5) is 14.4. The molecule has 0 radical (unpaired) electrons. The summed E-state index contributed by atoms with van der Waals surface area (Å²) < 4.78 is 59.5. The van der Waals surface area contributed by atoms with Gasteiger partial charge in [0.25, 0.3) is 0 Å². The van der Waals surface area contributed by atoms with Crippen LogP contribution in [0, 0.1) is 12.8 Å². The fraction of sp³-hybridized carbons (Fsp3) is 0.342. The van der Waals surface area contributed by atoms with E-state index in [9.17, 15) is 17.8 Å². The van der Waals surface area contributed by atoms with Crippen LogP contribution in [0.5, 0.6) is 11.5 Å². The van der Waals surface area contributed by atoms with Gasteiger partial charge in [-0.3, -0.25) is 4.79 Å². The van der Waals surface area contributed by atoms with E-state index in [0.717, 1.165) is 16.7 Å². The largest absolute Gasteiger partial charge is 0.744 e. The molecular formula is C38H39O8S-. The highest BCUT2D eigenvalue weighted by molar-refractivity contribution is 7.85. The summed E-state index contributed by atoms with van der Waals surface area (Å²) in [6, 6.07) is 27.2. The molecule has 0 aliphatic heterocycles. The number of ether oxygens (including phenoxy) is 4. The summed E-state index contributed by atoms with van der Waals surface area (Å²) in [5.74, 6) is -1.18. The van der Waals surface area contributed by atoms with Crippen LogP contribution in [0.1, 0.15) is 76.5 Å². The third-order valence-electron chi connectivity index (χ3n) is 9.31. The van der Waals surface area contributed by atoms with E-state index < -0.39 is 22.0 Å². The van der Waals surface area contributed by atoms with E-state index in [4.69, 9.17) is 18.9 Å². The summed E-state index contributed by atoms with van der Waals surface area (Å²) >= 11 is 0. The van der Waals surface area contributed by atoms with E-state index in [1.54, 1.807) is 27.9 Å². The maximum atomic E-state index is 14.7. The lowest BCUT2D eigenvalue weighted by molar-refractivity contribution is -0.141. The first-order valence-electron chi connectivity index (χ1n) is 15.9. The second kappa shape index (κ2) is 13.6. The minimum atomic E-state index is -4.72. The van der Waals surface area contributed by atoms with Gasteiger partial charge in [0.2, 0.25) is 0 Å². The first kappa shape index (κ1) is 32.9. The third kappa shape index (κ3) is 6.33. The Kier molecular flexibility index (Phi) is 9.53. The lowest BCUT2D eigenvalue weighted by Gasteiger charge is -2.50. The smallest absolute Gasteiger partial charge is 0.315 e. The van der Waals surface area contributed by atoms with Crippen molar-refractivity contribution in [1.82, 2.24) is 0 Å². The number of benzene rings is 4. The Morgan fingerprint density at radius 1 is 0.766 bits per heavy atom. The van der Waals surface area contributed by atoms with Gasteiger partial charge in [0.05, 0.1) is 30.6 Å². The van der Waals surface area contributed by atoms with Gasteiger partial charge in [-0.1, -0.05) is 80.6 Å². The predicted octanol–water partition coefficient (Wildman–Crippen LogP) is 6.66. The van der Waals surface area contributed by atoms with Gasteiger partial charge < -0.3 is 23.5 Å². The van der Waals surface area contributed by atoms with Crippen LogP contribution in [-0.4, -0.2) is 52.5 Å². The molecule has 2 atom stereocenters. The highest BCUT2D eigenvalue weighted by Gasteiger charge is 2.54. The predicted molar refractivity (Wildman–Crippen MR) is 176 cm³/mol. The number of fused-ring (bicyclic) bond motifs is 1. The summed E-state index contributed by atoms with van der Waals surface area (Å²) in [5.41, 5.74) is 6.14. The number of hydrogen-bond acceptors (Lipinski definition) is 8. The minimum absolute atomic E-state index is 0.145. The molecule has 4 aromatic rings. The van der Waals surface area contributed by atoms with Crippen LogP contribution in [0.4, 0.5) is 0 Å². The number of hydrogen-bond donors (Lipinski definition) is 0. The lowest BCUT2D eigenvalue weighted by atomic mass is 9.53. The summed E-state index contributed by atoms with van der Waals surface area (Å²) in [6.45, 7) is 6.93. The Balaban J connectivity index is 1.45. The van der Waals surface area contributed by atoms with Crippen molar-refractivity contribution in [1.29, 1.82) is 0 Å². The average Bonchev–Trinajstić information content (AvgIpc) is 3.06. The van der Waals surface area contributed by atoms with E-state index >= 15 is 0 Å². The topological polar surface area (TPSA) is 111 Å². The SMILES string of the molecule is COCCOCCOc1ccccc1C1C2c3ccccc3C(c3ccccc32)C1C(=O)Oc1cc(C(C)C)c(S(=O)(=O)[O-])cc1C. The number of carbonyl (C=O) groups excluding carboxylic acids is 1. The highest BCUT2D eigenvalue weighted by Crippen LogP contribution is 2.62. The molecule has 4 aromatic carbocycles. The molecule has 246 valence electrons. The van der Waals surface area contributed by atoms with E-state index in [1.165, 1.54) is 23.3 Å². The fourth-order valence-electron chi connectivity index (χ4n) is 7.31. The first-order valence-corrected chi connectivity index (χ1v) is 17.3. The number of para-hydroxylation sites is 1. The van der Waals surface area contributed by atoms with Gasteiger partial charge in [-0.15, -0.1) is 0 Å². The quantitative estimate of drug-likeness (QED) is 0.0721. The molecule has 3 aliphatic rings. The standard InChI is InChI=1S/C38H40O8S/c1-23(2)30-22-32(24(3)21-33(30)47(40,41)42)46-38(39)37-35-27-13-7-5-11-25(27)34(26-12-6-8-14-28(26)35)36(37)29-15-9-10-16-31(29)45-20-19-44-18-17-43-4/h5-16,21-23,34-37H,17-20H2,1-4H3,(H,40,41,42)/p-1. The number of aryl methyl sites for hydroxylation is 1. The second-order valence-electron chi connectivity index (χ2n) is 12.4. The van der Waals surface area contributed by atoms with Crippen molar-refractivity contribution in [3.8, 4) is 11.5 Å². The lowest BCUT2D eigenvalue weighted by Crippen LogP contribution is -2.44. The maximum Gasteiger partial charge on any atom is 0.315 e. The van der Waals surface area contributed by atoms with Crippen LogP contribution in [0.3, 0.4) is 0 Å². The molecule has 8 nitrogen and oxygen atoms in total. The number of methoxy groups -OCH3 is 1. The zero-order chi connectivity index (χ0) is 33.3. The Hall–Kier alpha value is -4.02. The minimum Gasteiger partial charge on any atom is -0.744 e. The third-order valence-corrected chi connectivity index (χ3v) is 10.2. The molecule has 0 amide bonds. The van der Waals surface area contributed by atoms with Crippen molar-refractivity contribution in [3.05, 3.63) is 124 Å². The zero-order valence-electron chi connectivity index (χ0n) is 27.0. The molecule has 9 heteroatoms. The van der Waals surface area contributed by atoms with Crippen LogP contribution < -0.4 is 9.47 Å². The van der Waals surface area contributed by atoms with Crippen LogP contribution in [0.15, 0.2) is 89.8 Å². The molecule has 47 heavy (non-hydrogen) atoms. The first-order chi connectivity index (χ1) is 22.6. The van der Waals surface area contributed by atoms with Crippen molar-refractivity contribution in [2.45, 2.75) is 49.3 Å². The van der Waals surface area contributed by atoms with Gasteiger partial charge >= 0.3 is 5.97 Å². The Morgan fingerprint density at radius 2 is 1.32 bits per heavy atom. The number of esters is 1. The molecule has 0 fully saturated rings. The molecule has 0 aromatic heterocycles. The van der Waals surface area contributed by atoms with E-state index in [-0.39, 0.29) is 34.3 Å². The molecule has 7 rings (SSSR count). The van der Waals surface area contributed by atoms with Crippen molar-refractivity contribution in [2.75, 3.05) is 33.5 Å². The van der Waals surface area contributed by atoms with Crippen molar-refractivity contribution >= 4 is 16.1 Å². The van der Waals surface area contributed by atoms with Gasteiger partial charge in [-0.25, -0.2) is 8.42 Å². The fourth-order valence-corrected chi connectivity index (χ4v) is 8.21. The molecule has 2 unspecified atom stereocenters. The van der Waals surface area contributed by atoms with Gasteiger partial charge in [0.15, 0.2) is 0 Å². The van der Waals surface area contributed by atoms with Crippen molar-refractivity contribution in [2.24, 2.45) is 5.92 Å². The van der Waals surface area contributed by atoms with Crippen LogP contribution in [0.25, 0.3) is 0 Å². The van der Waals surface area contributed by atoms with Crippen molar-refractivity contribution < 1.29 is 36.7 Å². The van der Waals surface area contributed by atoms with Gasteiger partial charge in [-0.2, -0.15) is 0 Å². The molecule has 2 bridgehead atoms. The average molecular weight is 656 g/mol. The summed E-state index contributed by atoms with van der Waals surface area (Å²) in [6.07, 6.45) is 0. The van der Waals surface area contributed by atoms with Crippen LogP contribution >= 0.6 is 0 Å².